The van der Waals surface area contributed by atoms with Crippen molar-refractivity contribution in [1.29, 1.82) is 0 Å². The van der Waals surface area contributed by atoms with Gasteiger partial charge in [0.25, 0.3) is 0 Å². The van der Waals surface area contributed by atoms with E-state index in [1.165, 1.54) is 22.3 Å². The van der Waals surface area contributed by atoms with Crippen LogP contribution in [0.1, 0.15) is 47.1 Å². The Morgan fingerprint density at radius 3 is 1.84 bits per heavy atom. The van der Waals surface area contributed by atoms with Gasteiger partial charge in [0.15, 0.2) is 0 Å². The van der Waals surface area contributed by atoms with Gasteiger partial charge in [-0.2, -0.15) is 0 Å². The van der Waals surface area contributed by atoms with Crippen LogP contribution in [0.3, 0.4) is 0 Å². The molecule has 0 N–H and O–H groups in total. The third kappa shape index (κ3) is 3.69. The van der Waals surface area contributed by atoms with Gasteiger partial charge >= 0.3 is 5.97 Å². The van der Waals surface area contributed by atoms with E-state index in [1.807, 2.05) is 18.2 Å². The molecule has 0 aliphatic heterocycles. The standard InChI is InChI=1S/C28H28O3/c1-4-31-27(30)26(29)24-18-28(22-14-10-19(2)11-15-22,23-16-12-20(3)13-17-23)25(24)21-8-6-5-7-9-21/h5-17,24-25H,4,18H2,1-3H3/t24-,25+/m1/s1. The molecule has 1 aliphatic rings. The molecule has 0 bridgehead atoms. The zero-order valence-electron chi connectivity index (χ0n) is 18.3. The number of carbonyl (C=O) groups excluding carboxylic acids is 2. The third-order valence-corrected chi connectivity index (χ3v) is 6.58. The van der Waals surface area contributed by atoms with Crippen molar-refractivity contribution < 1.29 is 14.3 Å². The average Bonchev–Trinajstić information content (AvgIpc) is 2.76. The zero-order valence-corrected chi connectivity index (χ0v) is 18.3. The van der Waals surface area contributed by atoms with E-state index in [1.54, 1.807) is 6.92 Å². The van der Waals surface area contributed by atoms with Crippen molar-refractivity contribution in [3.63, 3.8) is 0 Å². The van der Waals surface area contributed by atoms with E-state index >= 15 is 0 Å². The summed E-state index contributed by atoms with van der Waals surface area (Å²) in [4.78, 5) is 25.4. The van der Waals surface area contributed by atoms with Gasteiger partial charge < -0.3 is 4.74 Å². The second-order valence-electron chi connectivity index (χ2n) is 8.49. The molecule has 0 spiro atoms. The fourth-order valence-corrected chi connectivity index (χ4v) is 5.01. The first-order valence-corrected chi connectivity index (χ1v) is 10.9. The number of Topliss-reactive ketones (excluding diaryl/α,β-unsaturated/α-hetero) is 1. The second-order valence-corrected chi connectivity index (χ2v) is 8.49. The summed E-state index contributed by atoms with van der Waals surface area (Å²) in [6.07, 6.45) is 0.580. The Kier molecular flexibility index (Phi) is 5.77. The van der Waals surface area contributed by atoms with Gasteiger partial charge in [-0.1, -0.05) is 90.0 Å². The van der Waals surface area contributed by atoms with E-state index in [9.17, 15) is 9.59 Å². The Bertz CT molecular complexity index is 1020. The van der Waals surface area contributed by atoms with Gasteiger partial charge in [-0.3, -0.25) is 4.79 Å². The van der Waals surface area contributed by atoms with Crippen molar-refractivity contribution in [2.45, 2.75) is 38.5 Å². The maximum Gasteiger partial charge on any atom is 0.374 e. The maximum atomic E-state index is 13.1. The molecule has 0 radical (unpaired) electrons. The van der Waals surface area contributed by atoms with Gasteiger partial charge in [0.05, 0.1) is 6.61 Å². The lowest BCUT2D eigenvalue weighted by molar-refractivity contribution is -0.158. The summed E-state index contributed by atoms with van der Waals surface area (Å²) in [5, 5.41) is 0. The molecule has 3 nitrogen and oxygen atoms in total. The topological polar surface area (TPSA) is 43.4 Å². The number of benzene rings is 3. The summed E-state index contributed by atoms with van der Waals surface area (Å²) in [6.45, 7) is 6.08. The molecule has 3 aromatic carbocycles. The summed E-state index contributed by atoms with van der Waals surface area (Å²) in [7, 11) is 0. The summed E-state index contributed by atoms with van der Waals surface area (Å²) in [6, 6.07) is 27.2. The fourth-order valence-electron chi connectivity index (χ4n) is 5.01. The summed E-state index contributed by atoms with van der Waals surface area (Å²) in [5.74, 6) is -1.71. The Hall–Kier alpha value is -3.20. The molecule has 3 aromatic rings. The predicted octanol–water partition coefficient (Wildman–Crippen LogP) is 5.53. The number of ether oxygens (including phenoxy) is 1. The number of carbonyl (C=O) groups is 2. The first kappa shape index (κ1) is 21.0. The van der Waals surface area contributed by atoms with Crippen LogP contribution in [0.15, 0.2) is 78.9 Å². The highest BCUT2D eigenvalue weighted by Crippen LogP contribution is 2.62. The molecule has 158 valence electrons. The van der Waals surface area contributed by atoms with E-state index in [-0.39, 0.29) is 17.9 Å². The molecule has 1 saturated carbocycles. The molecule has 0 heterocycles. The number of ketones is 1. The number of hydrogen-bond donors (Lipinski definition) is 0. The van der Waals surface area contributed by atoms with E-state index < -0.39 is 17.7 Å². The molecule has 4 rings (SSSR count). The third-order valence-electron chi connectivity index (χ3n) is 6.58. The van der Waals surface area contributed by atoms with Gasteiger partial charge in [0.1, 0.15) is 0 Å². The van der Waals surface area contributed by atoms with Crippen LogP contribution in [0.25, 0.3) is 0 Å². The molecule has 3 heteroatoms. The highest BCUT2D eigenvalue weighted by Gasteiger charge is 2.59. The van der Waals surface area contributed by atoms with Crippen LogP contribution in [0.2, 0.25) is 0 Å². The highest BCUT2D eigenvalue weighted by atomic mass is 16.5. The minimum absolute atomic E-state index is 0.143. The molecule has 0 saturated heterocycles. The average molecular weight is 413 g/mol. The molecule has 2 atom stereocenters. The lowest BCUT2D eigenvalue weighted by atomic mass is 9.46. The van der Waals surface area contributed by atoms with Crippen molar-refractivity contribution in [2.24, 2.45) is 5.92 Å². The SMILES string of the molecule is CCOC(=O)C(=O)[C@@H]1CC(c2ccc(C)cc2)(c2ccc(C)cc2)[C@H]1c1ccccc1. The lowest BCUT2D eigenvalue weighted by Crippen LogP contribution is -2.54. The van der Waals surface area contributed by atoms with Crippen LogP contribution in [0, 0.1) is 19.8 Å². The number of aryl methyl sites for hydroxylation is 2. The summed E-state index contributed by atoms with van der Waals surface area (Å²) in [5.41, 5.74) is 5.41. The number of esters is 1. The Morgan fingerprint density at radius 1 is 0.839 bits per heavy atom. The maximum absolute atomic E-state index is 13.1. The Labute approximate surface area is 184 Å². The number of hydrogen-bond acceptors (Lipinski definition) is 3. The van der Waals surface area contributed by atoms with Crippen molar-refractivity contribution in [1.82, 2.24) is 0 Å². The van der Waals surface area contributed by atoms with Crippen LogP contribution in [0.5, 0.6) is 0 Å². The van der Waals surface area contributed by atoms with Crippen molar-refractivity contribution in [2.75, 3.05) is 6.61 Å². The van der Waals surface area contributed by atoms with Gasteiger partial charge in [-0.15, -0.1) is 0 Å². The van der Waals surface area contributed by atoms with Crippen LogP contribution in [-0.4, -0.2) is 18.4 Å². The Balaban J connectivity index is 1.88. The van der Waals surface area contributed by atoms with Crippen LogP contribution < -0.4 is 0 Å². The number of rotatable bonds is 6. The monoisotopic (exact) mass is 412 g/mol. The van der Waals surface area contributed by atoms with E-state index in [0.717, 1.165) is 5.56 Å². The van der Waals surface area contributed by atoms with Crippen molar-refractivity contribution >= 4 is 11.8 Å². The fraction of sp³-hybridized carbons (Fsp3) is 0.286. The van der Waals surface area contributed by atoms with Crippen LogP contribution in [-0.2, 0) is 19.7 Å². The summed E-state index contributed by atoms with van der Waals surface area (Å²) < 4.78 is 5.07. The van der Waals surface area contributed by atoms with E-state index in [0.29, 0.717) is 6.42 Å². The molecule has 1 fully saturated rings. The first-order valence-electron chi connectivity index (χ1n) is 10.9. The largest absolute Gasteiger partial charge is 0.460 e. The second kappa shape index (κ2) is 8.50. The quantitative estimate of drug-likeness (QED) is 0.395. The van der Waals surface area contributed by atoms with Gasteiger partial charge in [-0.25, -0.2) is 4.79 Å². The summed E-state index contributed by atoms with van der Waals surface area (Å²) >= 11 is 0. The van der Waals surface area contributed by atoms with Crippen molar-refractivity contribution in [3.05, 3.63) is 107 Å². The molecule has 0 unspecified atom stereocenters. The molecule has 0 amide bonds. The zero-order chi connectivity index (χ0) is 22.0. The molecular formula is C28H28O3. The first-order chi connectivity index (χ1) is 15.0. The molecule has 31 heavy (non-hydrogen) atoms. The van der Waals surface area contributed by atoms with E-state index in [4.69, 9.17) is 4.74 Å². The van der Waals surface area contributed by atoms with E-state index in [2.05, 4.69) is 74.5 Å². The molecular weight excluding hydrogens is 384 g/mol. The van der Waals surface area contributed by atoms with Gasteiger partial charge in [-0.05, 0) is 43.9 Å². The Morgan fingerprint density at radius 2 is 1.35 bits per heavy atom. The van der Waals surface area contributed by atoms with Crippen LogP contribution in [0.4, 0.5) is 0 Å². The van der Waals surface area contributed by atoms with Crippen molar-refractivity contribution in [3.8, 4) is 0 Å². The smallest absolute Gasteiger partial charge is 0.374 e. The minimum Gasteiger partial charge on any atom is -0.460 e. The van der Waals surface area contributed by atoms with Crippen LogP contribution >= 0.6 is 0 Å². The highest BCUT2D eigenvalue weighted by molar-refractivity contribution is 6.35. The normalized spacial score (nSPS) is 19.3. The van der Waals surface area contributed by atoms with Gasteiger partial charge in [0.2, 0.25) is 5.78 Å². The van der Waals surface area contributed by atoms with Gasteiger partial charge in [0, 0.05) is 17.3 Å². The molecule has 1 aliphatic carbocycles. The predicted molar refractivity (Wildman–Crippen MR) is 122 cm³/mol. The molecule has 0 aromatic heterocycles. The minimum atomic E-state index is -0.727. The lowest BCUT2D eigenvalue weighted by Gasteiger charge is -2.55.